The lowest BCUT2D eigenvalue weighted by Gasteiger charge is -2.17. The summed E-state index contributed by atoms with van der Waals surface area (Å²) < 4.78 is 24.9. The number of aromatic nitrogens is 1. The number of nitrogens with one attached hydrogen (secondary N) is 2. The van der Waals surface area contributed by atoms with Gasteiger partial charge in [0.1, 0.15) is 5.75 Å². The highest BCUT2D eigenvalue weighted by Gasteiger charge is 2.08. The van der Waals surface area contributed by atoms with Gasteiger partial charge in [0.25, 0.3) is 0 Å². The molecule has 0 radical (unpaired) electrons. The molecular weight excluding hydrogens is 335 g/mol. The van der Waals surface area contributed by atoms with Crippen LogP contribution in [0.15, 0.2) is 47.7 Å². The molecule has 2 rings (SSSR count). The van der Waals surface area contributed by atoms with Crippen molar-refractivity contribution < 1.29 is 13.9 Å². The number of ether oxygens (including phenoxy) is 2. The van der Waals surface area contributed by atoms with E-state index in [1.807, 2.05) is 13.8 Å². The third-order valence-corrected chi connectivity index (χ3v) is 3.42. The van der Waals surface area contributed by atoms with Gasteiger partial charge < -0.3 is 20.1 Å². The number of nitrogens with zero attached hydrogens (tertiary/aromatic N) is 2. The molecular formula is C19H25FN4O2. The lowest BCUT2D eigenvalue weighted by molar-refractivity contribution is 0.179. The van der Waals surface area contributed by atoms with Crippen molar-refractivity contribution in [1.29, 1.82) is 0 Å². The summed E-state index contributed by atoms with van der Waals surface area (Å²) in [6.07, 6.45) is 3.17. The standard InChI is InChI=1S/C19H25FN4O2/c1-4-22-19(24-14(2)13-25-3)23-11-15-7-8-18(17(20)10-15)26-16-6-5-9-21-12-16/h5-10,12,14H,4,11,13H2,1-3H3,(H2,22,23,24). The van der Waals surface area contributed by atoms with Gasteiger partial charge >= 0.3 is 0 Å². The average molecular weight is 360 g/mol. The van der Waals surface area contributed by atoms with Gasteiger partial charge in [-0.2, -0.15) is 0 Å². The summed E-state index contributed by atoms with van der Waals surface area (Å²) in [6, 6.07) is 8.39. The monoisotopic (exact) mass is 360 g/mol. The molecule has 0 aliphatic heterocycles. The van der Waals surface area contributed by atoms with Gasteiger partial charge in [-0.3, -0.25) is 4.98 Å². The van der Waals surface area contributed by atoms with E-state index in [1.54, 1.807) is 37.6 Å². The van der Waals surface area contributed by atoms with E-state index in [1.165, 1.54) is 12.3 Å². The first-order chi connectivity index (χ1) is 12.6. The predicted octanol–water partition coefficient (Wildman–Crippen LogP) is 3.10. The predicted molar refractivity (Wildman–Crippen MR) is 100 cm³/mol. The number of pyridine rings is 1. The molecule has 1 heterocycles. The van der Waals surface area contributed by atoms with Crippen molar-refractivity contribution in [2.45, 2.75) is 26.4 Å². The number of hydrogen-bond donors (Lipinski definition) is 2. The van der Waals surface area contributed by atoms with Gasteiger partial charge in [0, 0.05) is 25.9 Å². The van der Waals surface area contributed by atoms with E-state index in [4.69, 9.17) is 9.47 Å². The Morgan fingerprint density at radius 1 is 1.35 bits per heavy atom. The first kappa shape index (κ1) is 19.7. The molecule has 0 bridgehead atoms. The minimum absolute atomic E-state index is 0.116. The first-order valence-electron chi connectivity index (χ1n) is 8.52. The van der Waals surface area contributed by atoms with Crippen LogP contribution in [0.5, 0.6) is 11.5 Å². The van der Waals surface area contributed by atoms with Crippen molar-refractivity contribution >= 4 is 5.96 Å². The van der Waals surface area contributed by atoms with Crippen LogP contribution < -0.4 is 15.4 Å². The molecule has 0 fully saturated rings. The normalized spacial score (nSPS) is 12.5. The molecule has 1 aromatic carbocycles. The molecule has 6 nitrogen and oxygen atoms in total. The second kappa shape index (κ2) is 10.4. The summed E-state index contributed by atoms with van der Waals surface area (Å²) >= 11 is 0. The minimum Gasteiger partial charge on any atom is -0.453 e. The summed E-state index contributed by atoms with van der Waals surface area (Å²) in [5, 5.41) is 6.40. The molecule has 2 aromatic rings. The van der Waals surface area contributed by atoms with Crippen molar-refractivity contribution in [1.82, 2.24) is 15.6 Å². The maximum atomic E-state index is 14.3. The minimum atomic E-state index is -0.438. The van der Waals surface area contributed by atoms with Crippen LogP contribution in [-0.2, 0) is 11.3 Å². The number of hydrogen-bond acceptors (Lipinski definition) is 4. The molecule has 0 aliphatic carbocycles. The van der Waals surface area contributed by atoms with Gasteiger partial charge in [-0.05, 0) is 43.7 Å². The molecule has 0 spiro atoms. The zero-order valence-electron chi connectivity index (χ0n) is 15.3. The Morgan fingerprint density at radius 2 is 2.19 bits per heavy atom. The fraction of sp³-hybridized carbons (Fsp3) is 0.368. The van der Waals surface area contributed by atoms with Crippen LogP contribution in [0.2, 0.25) is 0 Å². The Morgan fingerprint density at radius 3 is 2.85 bits per heavy atom. The second-order valence-electron chi connectivity index (χ2n) is 5.75. The smallest absolute Gasteiger partial charge is 0.191 e. The van der Waals surface area contributed by atoms with Crippen molar-refractivity contribution in [3.05, 3.63) is 54.1 Å². The highest BCUT2D eigenvalue weighted by Crippen LogP contribution is 2.24. The van der Waals surface area contributed by atoms with Crippen molar-refractivity contribution in [3.63, 3.8) is 0 Å². The van der Waals surface area contributed by atoms with Gasteiger partial charge in [-0.1, -0.05) is 6.07 Å². The molecule has 0 amide bonds. The number of aliphatic imine (C=N–C) groups is 1. The number of benzene rings is 1. The zero-order chi connectivity index (χ0) is 18.8. The lowest BCUT2D eigenvalue weighted by Crippen LogP contribution is -2.43. The fourth-order valence-electron chi connectivity index (χ4n) is 2.28. The summed E-state index contributed by atoms with van der Waals surface area (Å²) in [5.74, 6) is 0.868. The van der Waals surface area contributed by atoms with Crippen LogP contribution in [0.3, 0.4) is 0 Å². The van der Waals surface area contributed by atoms with Gasteiger partial charge in [0.2, 0.25) is 0 Å². The van der Waals surface area contributed by atoms with Crippen molar-refractivity contribution in [3.8, 4) is 11.5 Å². The molecule has 1 unspecified atom stereocenters. The third-order valence-electron chi connectivity index (χ3n) is 3.42. The quantitative estimate of drug-likeness (QED) is 0.559. The third kappa shape index (κ3) is 6.33. The molecule has 2 N–H and O–H groups in total. The highest BCUT2D eigenvalue weighted by atomic mass is 19.1. The van der Waals surface area contributed by atoms with Crippen LogP contribution in [0.4, 0.5) is 4.39 Å². The van der Waals surface area contributed by atoms with E-state index in [0.29, 0.717) is 24.9 Å². The number of methoxy groups -OCH3 is 1. The maximum Gasteiger partial charge on any atom is 0.191 e. The maximum absolute atomic E-state index is 14.3. The Bertz CT molecular complexity index is 710. The van der Waals surface area contributed by atoms with E-state index in [9.17, 15) is 4.39 Å². The lowest BCUT2D eigenvalue weighted by atomic mass is 10.2. The Hall–Kier alpha value is -2.67. The van der Waals surface area contributed by atoms with E-state index in [-0.39, 0.29) is 11.8 Å². The van der Waals surface area contributed by atoms with Crippen LogP contribution >= 0.6 is 0 Å². The summed E-state index contributed by atoms with van der Waals surface area (Å²) in [6.45, 7) is 5.64. The SMILES string of the molecule is CCNC(=NCc1ccc(Oc2cccnc2)c(F)c1)NC(C)COC. The van der Waals surface area contributed by atoms with Gasteiger partial charge in [-0.15, -0.1) is 0 Å². The first-order valence-corrected chi connectivity index (χ1v) is 8.52. The molecule has 1 atom stereocenters. The van der Waals surface area contributed by atoms with Gasteiger partial charge in [0.15, 0.2) is 17.5 Å². The summed E-state index contributed by atoms with van der Waals surface area (Å²) in [5.41, 5.74) is 0.748. The Labute approximate surface area is 153 Å². The van der Waals surface area contributed by atoms with Crippen molar-refractivity contribution in [2.24, 2.45) is 4.99 Å². The number of guanidine groups is 1. The molecule has 1 aromatic heterocycles. The van der Waals surface area contributed by atoms with E-state index >= 15 is 0 Å². The van der Waals surface area contributed by atoms with Crippen LogP contribution in [0, 0.1) is 5.82 Å². The summed E-state index contributed by atoms with van der Waals surface area (Å²) in [4.78, 5) is 8.43. The van der Waals surface area contributed by atoms with Gasteiger partial charge in [0.05, 0.1) is 19.3 Å². The van der Waals surface area contributed by atoms with Crippen LogP contribution in [0.25, 0.3) is 0 Å². The average Bonchev–Trinajstić information content (AvgIpc) is 2.63. The molecule has 140 valence electrons. The molecule has 0 saturated heterocycles. The van der Waals surface area contributed by atoms with E-state index in [0.717, 1.165) is 12.1 Å². The zero-order valence-corrected chi connectivity index (χ0v) is 15.3. The fourth-order valence-corrected chi connectivity index (χ4v) is 2.28. The second-order valence-corrected chi connectivity index (χ2v) is 5.75. The molecule has 26 heavy (non-hydrogen) atoms. The van der Waals surface area contributed by atoms with E-state index in [2.05, 4.69) is 20.6 Å². The Balaban J connectivity index is 2.02. The number of rotatable bonds is 8. The highest BCUT2D eigenvalue weighted by molar-refractivity contribution is 5.80. The Kier molecular flexibility index (Phi) is 7.82. The van der Waals surface area contributed by atoms with Crippen LogP contribution in [-0.4, -0.2) is 37.2 Å². The topological polar surface area (TPSA) is 67.8 Å². The molecule has 0 saturated carbocycles. The van der Waals surface area contributed by atoms with Crippen molar-refractivity contribution in [2.75, 3.05) is 20.3 Å². The molecule has 0 aliphatic rings. The molecule has 7 heteroatoms. The largest absolute Gasteiger partial charge is 0.453 e. The van der Waals surface area contributed by atoms with Gasteiger partial charge in [-0.25, -0.2) is 9.38 Å². The van der Waals surface area contributed by atoms with Crippen LogP contribution in [0.1, 0.15) is 19.4 Å². The summed E-state index contributed by atoms with van der Waals surface area (Å²) in [7, 11) is 1.65. The number of halogens is 1. The van der Waals surface area contributed by atoms with E-state index < -0.39 is 5.82 Å².